The van der Waals surface area contributed by atoms with Gasteiger partial charge >= 0.3 is 0 Å². The van der Waals surface area contributed by atoms with E-state index in [4.69, 9.17) is 9.47 Å². The Hall–Kier alpha value is -0.610. The highest BCUT2D eigenvalue weighted by Crippen LogP contribution is 1.98. The zero-order valence-corrected chi connectivity index (χ0v) is 10.8. The molecular weight excluding hydrogens is 206 g/mol. The molecule has 0 atom stereocenters. The summed E-state index contributed by atoms with van der Waals surface area (Å²) in [7, 11) is 0. The number of rotatable bonds is 10. The summed E-state index contributed by atoms with van der Waals surface area (Å²) in [6.45, 7) is 9.35. The van der Waals surface area contributed by atoms with Crippen LogP contribution in [0.5, 0.6) is 0 Å². The van der Waals surface area contributed by atoms with E-state index in [-0.39, 0.29) is 5.91 Å². The molecule has 0 aromatic rings. The fourth-order valence-electron chi connectivity index (χ4n) is 1.03. The van der Waals surface area contributed by atoms with Crippen LogP contribution in [-0.4, -0.2) is 38.9 Å². The second-order valence-corrected chi connectivity index (χ2v) is 4.11. The third-order valence-electron chi connectivity index (χ3n) is 2.10. The Morgan fingerprint density at radius 1 is 1.12 bits per heavy atom. The fraction of sp³-hybridized carbons (Fsp3) is 0.917. The number of amides is 1. The summed E-state index contributed by atoms with van der Waals surface area (Å²) in [4.78, 5) is 10.9. The van der Waals surface area contributed by atoms with Gasteiger partial charge < -0.3 is 14.8 Å². The molecular formula is C12H25NO3. The highest BCUT2D eigenvalue weighted by molar-refractivity contribution is 5.75. The van der Waals surface area contributed by atoms with Crippen LogP contribution >= 0.6 is 0 Å². The summed E-state index contributed by atoms with van der Waals surface area (Å²) >= 11 is 0. The lowest BCUT2D eigenvalue weighted by Crippen LogP contribution is -2.26. The van der Waals surface area contributed by atoms with Gasteiger partial charge in [-0.2, -0.15) is 0 Å². The summed E-state index contributed by atoms with van der Waals surface area (Å²) in [5.41, 5.74) is 0. The van der Waals surface area contributed by atoms with E-state index < -0.39 is 0 Å². The van der Waals surface area contributed by atoms with Gasteiger partial charge in [-0.25, -0.2) is 0 Å². The van der Waals surface area contributed by atoms with E-state index >= 15 is 0 Å². The van der Waals surface area contributed by atoms with Crippen LogP contribution in [0.3, 0.4) is 0 Å². The number of nitrogens with one attached hydrogen (secondary N) is 1. The SMILES string of the molecule is CCC(=O)NCCOCCOCCC(C)C. The topological polar surface area (TPSA) is 47.6 Å². The van der Waals surface area contributed by atoms with E-state index in [0.29, 0.717) is 38.7 Å². The van der Waals surface area contributed by atoms with Crippen molar-refractivity contribution in [1.82, 2.24) is 5.32 Å². The third kappa shape index (κ3) is 11.5. The predicted molar refractivity (Wildman–Crippen MR) is 64.4 cm³/mol. The molecule has 4 nitrogen and oxygen atoms in total. The van der Waals surface area contributed by atoms with E-state index in [0.717, 1.165) is 13.0 Å². The Kier molecular flexibility index (Phi) is 10.5. The molecule has 1 N–H and O–H groups in total. The van der Waals surface area contributed by atoms with Crippen molar-refractivity contribution in [2.75, 3.05) is 33.0 Å². The number of hydrogen-bond acceptors (Lipinski definition) is 3. The maximum absolute atomic E-state index is 10.9. The highest BCUT2D eigenvalue weighted by Gasteiger charge is 1.96. The molecule has 0 aromatic carbocycles. The highest BCUT2D eigenvalue weighted by atomic mass is 16.5. The standard InChI is InChI=1S/C12H25NO3/c1-4-12(14)13-6-8-16-10-9-15-7-5-11(2)3/h11H,4-10H2,1-3H3,(H,13,14). The zero-order chi connectivity index (χ0) is 12.2. The summed E-state index contributed by atoms with van der Waals surface area (Å²) in [5, 5.41) is 2.74. The summed E-state index contributed by atoms with van der Waals surface area (Å²) in [5.74, 6) is 0.752. The zero-order valence-electron chi connectivity index (χ0n) is 10.8. The van der Waals surface area contributed by atoms with Crippen LogP contribution in [0.2, 0.25) is 0 Å². The van der Waals surface area contributed by atoms with Crippen LogP contribution in [0.25, 0.3) is 0 Å². The van der Waals surface area contributed by atoms with Crippen molar-refractivity contribution < 1.29 is 14.3 Å². The van der Waals surface area contributed by atoms with Crippen LogP contribution in [-0.2, 0) is 14.3 Å². The van der Waals surface area contributed by atoms with Crippen LogP contribution in [0.15, 0.2) is 0 Å². The number of carbonyl (C=O) groups excluding carboxylic acids is 1. The first-order valence-electron chi connectivity index (χ1n) is 6.09. The van der Waals surface area contributed by atoms with Gasteiger partial charge in [-0.1, -0.05) is 20.8 Å². The molecule has 0 saturated carbocycles. The molecule has 1 amide bonds. The minimum atomic E-state index is 0.0665. The van der Waals surface area contributed by atoms with Crippen molar-refractivity contribution in [2.45, 2.75) is 33.6 Å². The molecule has 0 aromatic heterocycles. The van der Waals surface area contributed by atoms with Gasteiger partial charge in [-0.3, -0.25) is 4.79 Å². The summed E-state index contributed by atoms with van der Waals surface area (Å²) in [6.07, 6.45) is 1.62. The second kappa shape index (κ2) is 10.9. The molecule has 0 bridgehead atoms. The molecule has 0 aliphatic heterocycles. The smallest absolute Gasteiger partial charge is 0.219 e. The summed E-state index contributed by atoms with van der Waals surface area (Å²) in [6, 6.07) is 0. The van der Waals surface area contributed by atoms with Crippen molar-refractivity contribution in [3.63, 3.8) is 0 Å². The van der Waals surface area contributed by atoms with Crippen molar-refractivity contribution in [3.05, 3.63) is 0 Å². The van der Waals surface area contributed by atoms with Gasteiger partial charge in [0.1, 0.15) is 0 Å². The fourth-order valence-corrected chi connectivity index (χ4v) is 1.03. The van der Waals surface area contributed by atoms with Crippen molar-refractivity contribution in [3.8, 4) is 0 Å². The lowest BCUT2D eigenvalue weighted by atomic mass is 10.1. The van der Waals surface area contributed by atoms with Gasteiger partial charge in [-0.15, -0.1) is 0 Å². The third-order valence-corrected chi connectivity index (χ3v) is 2.10. The average molecular weight is 231 g/mol. The second-order valence-electron chi connectivity index (χ2n) is 4.11. The molecule has 0 saturated heterocycles. The van der Waals surface area contributed by atoms with Gasteiger partial charge in [0.25, 0.3) is 0 Å². The Bertz CT molecular complexity index is 172. The van der Waals surface area contributed by atoms with Crippen molar-refractivity contribution in [2.24, 2.45) is 5.92 Å². The van der Waals surface area contributed by atoms with Gasteiger partial charge in [0.2, 0.25) is 5.91 Å². The van der Waals surface area contributed by atoms with Crippen LogP contribution < -0.4 is 5.32 Å². The lowest BCUT2D eigenvalue weighted by Gasteiger charge is -2.07. The minimum absolute atomic E-state index is 0.0665. The van der Waals surface area contributed by atoms with Crippen molar-refractivity contribution in [1.29, 1.82) is 0 Å². The predicted octanol–water partition coefficient (Wildman–Crippen LogP) is 1.59. The average Bonchev–Trinajstić information content (AvgIpc) is 2.26. The molecule has 0 heterocycles. The normalized spacial score (nSPS) is 10.8. The van der Waals surface area contributed by atoms with Gasteiger partial charge in [0.15, 0.2) is 0 Å². The Balaban J connectivity index is 3.01. The molecule has 0 spiro atoms. The molecule has 4 heteroatoms. The first-order chi connectivity index (χ1) is 7.66. The van der Waals surface area contributed by atoms with Crippen LogP contribution in [0.4, 0.5) is 0 Å². The van der Waals surface area contributed by atoms with E-state index in [1.54, 1.807) is 0 Å². The van der Waals surface area contributed by atoms with Gasteiger partial charge in [-0.05, 0) is 12.3 Å². The molecule has 0 radical (unpaired) electrons. The molecule has 0 fully saturated rings. The molecule has 0 aliphatic rings. The maximum Gasteiger partial charge on any atom is 0.219 e. The Labute approximate surface area is 98.7 Å². The molecule has 0 rings (SSSR count). The number of carbonyl (C=O) groups is 1. The lowest BCUT2D eigenvalue weighted by molar-refractivity contribution is -0.121. The number of ether oxygens (including phenoxy) is 2. The monoisotopic (exact) mass is 231 g/mol. The maximum atomic E-state index is 10.9. The Morgan fingerprint density at radius 2 is 1.75 bits per heavy atom. The van der Waals surface area contributed by atoms with E-state index in [1.807, 2.05) is 6.92 Å². The molecule has 16 heavy (non-hydrogen) atoms. The van der Waals surface area contributed by atoms with Gasteiger partial charge in [0, 0.05) is 19.6 Å². The van der Waals surface area contributed by atoms with Crippen LogP contribution in [0, 0.1) is 5.92 Å². The largest absolute Gasteiger partial charge is 0.379 e. The molecule has 0 aliphatic carbocycles. The van der Waals surface area contributed by atoms with E-state index in [9.17, 15) is 4.79 Å². The van der Waals surface area contributed by atoms with Crippen molar-refractivity contribution >= 4 is 5.91 Å². The first kappa shape index (κ1) is 15.4. The molecule has 96 valence electrons. The quantitative estimate of drug-likeness (QED) is 0.581. The van der Waals surface area contributed by atoms with E-state index in [1.165, 1.54) is 0 Å². The van der Waals surface area contributed by atoms with E-state index in [2.05, 4.69) is 19.2 Å². The van der Waals surface area contributed by atoms with Gasteiger partial charge in [0.05, 0.1) is 19.8 Å². The first-order valence-corrected chi connectivity index (χ1v) is 6.09. The van der Waals surface area contributed by atoms with Crippen LogP contribution in [0.1, 0.15) is 33.6 Å². The number of hydrogen-bond donors (Lipinski definition) is 1. The molecule has 0 unspecified atom stereocenters. The Morgan fingerprint density at radius 3 is 2.31 bits per heavy atom. The minimum Gasteiger partial charge on any atom is -0.379 e. The summed E-state index contributed by atoms with van der Waals surface area (Å²) < 4.78 is 10.7.